The highest BCUT2D eigenvalue weighted by molar-refractivity contribution is 5.46. The molecular weight excluding hydrogens is 328 g/mol. The lowest BCUT2D eigenvalue weighted by atomic mass is 10.1. The number of hydrogen-bond donors (Lipinski definition) is 2. The molecule has 0 bridgehead atoms. The molecule has 5 nitrogen and oxygen atoms in total. The molecule has 138 valence electrons. The molecule has 1 unspecified atom stereocenters. The van der Waals surface area contributed by atoms with Crippen LogP contribution in [0.4, 0.5) is 0 Å². The number of nitrogens with one attached hydrogen (secondary N) is 2. The van der Waals surface area contributed by atoms with Crippen LogP contribution < -0.4 is 24.8 Å². The second kappa shape index (κ2) is 8.43. The quantitative estimate of drug-likeness (QED) is 0.835. The first-order valence-electron chi connectivity index (χ1n) is 9.41. The van der Waals surface area contributed by atoms with Crippen LogP contribution in [0.25, 0.3) is 0 Å². The van der Waals surface area contributed by atoms with Crippen LogP contribution >= 0.6 is 0 Å². The Morgan fingerprint density at radius 3 is 2.73 bits per heavy atom. The molecule has 0 radical (unpaired) electrons. The van der Waals surface area contributed by atoms with E-state index in [2.05, 4.69) is 22.8 Å². The maximum Gasteiger partial charge on any atom is 0.165 e. The topological polar surface area (TPSA) is 51.8 Å². The third-order valence-corrected chi connectivity index (χ3v) is 4.86. The Morgan fingerprint density at radius 1 is 1.04 bits per heavy atom. The molecule has 0 saturated carbocycles. The molecule has 1 fully saturated rings. The summed E-state index contributed by atoms with van der Waals surface area (Å²) in [4.78, 5) is 0. The number of ether oxygens (including phenoxy) is 3. The third-order valence-electron chi connectivity index (χ3n) is 4.86. The van der Waals surface area contributed by atoms with Crippen molar-refractivity contribution in [3.63, 3.8) is 0 Å². The predicted octanol–water partition coefficient (Wildman–Crippen LogP) is 2.75. The third kappa shape index (κ3) is 4.48. The van der Waals surface area contributed by atoms with Crippen molar-refractivity contribution >= 4 is 0 Å². The monoisotopic (exact) mass is 354 g/mol. The van der Waals surface area contributed by atoms with Crippen LogP contribution in [-0.2, 0) is 6.61 Å². The molecule has 2 aliphatic heterocycles. The summed E-state index contributed by atoms with van der Waals surface area (Å²) in [5, 5.41) is 6.99. The van der Waals surface area contributed by atoms with Crippen molar-refractivity contribution in [3.8, 4) is 17.2 Å². The highest BCUT2D eigenvalue weighted by atomic mass is 16.6. The average molecular weight is 354 g/mol. The molecule has 1 saturated heterocycles. The van der Waals surface area contributed by atoms with Gasteiger partial charge in [0, 0.05) is 18.7 Å². The van der Waals surface area contributed by atoms with E-state index in [1.807, 2.05) is 36.4 Å². The molecule has 5 heteroatoms. The van der Waals surface area contributed by atoms with Crippen molar-refractivity contribution in [1.82, 2.24) is 10.6 Å². The minimum Gasteiger partial charge on any atom is -0.489 e. The molecule has 1 atom stereocenters. The summed E-state index contributed by atoms with van der Waals surface area (Å²) >= 11 is 0. The van der Waals surface area contributed by atoms with E-state index in [0.29, 0.717) is 19.3 Å². The van der Waals surface area contributed by atoms with Crippen LogP contribution in [0, 0.1) is 0 Å². The Hall–Kier alpha value is -2.24. The fraction of sp³-hybridized carbons (Fsp3) is 0.429. The summed E-state index contributed by atoms with van der Waals surface area (Å²) in [6.07, 6.45) is 2.37. The van der Waals surface area contributed by atoms with E-state index in [1.54, 1.807) is 0 Å². The first-order chi connectivity index (χ1) is 12.9. The van der Waals surface area contributed by atoms with Gasteiger partial charge in [-0.1, -0.05) is 30.3 Å². The summed E-state index contributed by atoms with van der Waals surface area (Å²) in [5.74, 6) is 2.34. The molecule has 2 heterocycles. The highest BCUT2D eigenvalue weighted by Gasteiger charge is 2.23. The van der Waals surface area contributed by atoms with Gasteiger partial charge in [0.25, 0.3) is 0 Å². The lowest BCUT2D eigenvalue weighted by molar-refractivity contribution is 0.0865. The second-order valence-electron chi connectivity index (χ2n) is 6.87. The molecular formula is C21H26N2O3. The van der Waals surface area contributed by atoms with Crippen LogP contribution in [-0.4, -0.2) is 38.4 Å². The van der Waals surface area contributed by atoms with E-state index in [4.69, 9.17) is 14.2 Å². The lowest BCUT2D eigenvalue weighted by Gasteiger charge is -2.30. The molecule has 0 spiro atoms. The molecule has 0 aromatic heterocycles. The zero-order valence-electron chi connectivity index (χ0n) is 14.9. The normalized spacial score (nSPS) is 19.9. The Morgan fingerprint density at radius 2 is 1.88 bits per heavy atom. The van der Waals surface area contributed by atoms with E-state index < -0.39 is 0 Å². The van der Waals surface area contributed by atoms with Crippen LogP contribution in [0.15, 0.2) is 48.5 Å². The predicted molar refractivity (Wildman–Crippen MR) is 101 cm³/mol. The number of rotatable bonds is 6. The minimum atomic E-state index is 0.0294. The number of hydrogen-bond acceptors (Lipinski definition) is 5. The molecule has 2 N–H and O–H groups in total. The number of piperidine rings is 1. The van der Waals surface area contributed by atoms with Gasteiger partial charge in [0.2, 0.25) is 0 Å². The van der Waals surface area contributed by atoms with Gasteiger partial charge in [0.1, 0.15) is 25.1 Å². The van der Waals surface area contributed by atoms with Gasteiger partial charge in [-0.05, 0) is 43.6 Å². The van der Waals surface area contributed by atoms with E-state index in [1.165, 1.54) is 12.8 Å². The largest absolute Gasteiger partial charge is 0.489 e. The molecule has 26 heavy (non-hydrogen) atoms. The van der Waals surface area contributed by atoms with Crippen LogP contribution in [0.2, 0.25) is 0 Å². The first-order valence-corrected chi connectivity index (χ1v) is 9.41. The van der Waals surface area contributed by atoms with E-state index in [9.17, 15) is 0 Å². The zero-order valence-corrected chi connectivity index (χ0v) is 14.9. The van der Waals surface area contributed by atoms with Gasteiger partial charge in [-0.3, -0.25) is 0 Å². The SMILES string of the molecule is c1ccc(COc2ccc3c(c2)OC(CNC2CCNCC2)CO3)cc1. The van der Waals surface area contributed by atoms with Gasteiger partial charge in [0.15, 0.2) is 11.5 Å². The summed E-state index contributed by atoms with van der Waals surface area (Å²) in [7, 11) is 0. The Kier molecular flexibility index (Phi) is 5.57. The van der Waals surface area contributed by atoms with Crippen LogP contribution in [0.3, 0.4) is 0 Å². The fourth-order valence-corrected chi connectivity index (χ4v) is 3.35. The molecule has 2 aliphatic rings. The van der Waals surface area contributed by atoms with E-state index in [-0.39, 0.29) is 6.10 Å². The second-order valence-corrected chi connectivity index (χ2v) is 6.87. The van der Waals surface area contributed by atoms with Crippen molar-refractivity contribution in [2.24, 2.45) is 0 Å². The number of benzene rings is 2. The fourth-order valence-electron chi connectivity index (χ4n) is 3.35. The van der Waals surface area contributed by atoms with Crippen molar-refractivity contribution in [2.75, 3.05) is 26.2 Å². The molecule has 4 rings (SSSR count). The Balaban J connectivity index is 1.32. The Labute approximate surface area is 154 Å². The van der Waals surface area contributed by atoms with Gasteiger partial charge in [-0.15, -0.1) is 0 Å². The summed E-state index contributed by atoms with van der Waals surface area (Å²) in [6.45, 7) is 4.10. The van der Waals surface area contributed by atoms with Crippen molar-refractivity contribution in [2.45, 2.75) is 31.6 Å². The van der Waals surface area contributed by atoms with Gasteiger partial charge in [-0.2, -0.15) is 0 Å². The lowest BCUT2D eigenvalue weighted by Crippen LogP contribution is -2.46. The standard InChI is InChI=1S/C21H26N2O3/c1-2-4-16(5-3-1)14-24-18-6-7-20-21(12-18)26-19(15-25-20)13-23-17-8-10-22-11-9-17/h1-7,12,17,19,22-23H,8-11,13-15H2. The van der Waals surface area contributed by atoms with Gasteiger partial charge in [-0.25, -0.2) is 0 Å². The van der Waals surface area contributed by atoms with Crippen molar-refractivity contribution < 1.29 is 14.2 Å². The molecule has 2 aromatic carbocycles. The van der Waals surface area contributed by atoms with E-state index in [0.717, 1.165) is 42.4 Å². The smallest absolute Gasteiger partial charge is 0.165 e. The van der Waals surface area contributed by atoms with Crippen molar-refractivity contribution in [1.29, 1.82) is 0 Å². The zero-order chi connectivity index (χ0) is 17.6. The van der Waals surface area contributed by atoms with E-state index >= 15 is 0 Å². The van der Waals surface area contributed by atoms with Crippen molar-refractivity contribution in [3.05, 3.63) is 54.1 Å². The highest BCUT2D eigenvalue weighted by Crippen LogP contribution is 2.35. The summed E-state index contributed by atoms with van der Waals surface area (Å²) in [6, 6.07) is 16.5. The van der Waals surface area contributed by atoms with Gasteiger partial charge in [0.05, 0.1) is 0 Å². The first kappa shape index (κ1) is 17.2. The molecule has 0 aliphatic carbocycles. The number of fused-ring (bicyclic) bond motifs is 1. The summed E-state index contributed by atoms with van der Waals surface area (Å²) in [5.41, 5.74) is 1.14. The molecule has 0 amide bonds. The Bertz CT molecular complexity index is 702. The average Bonchev–Trinajstić information content (AvgIpc) is 2.72. The van der Waals surface area contributed by atoms with Gasteiger partial charge >= 0.3 is 0 Å². The molecule has 2 aromatic rings. The summed E-state index contributed by atoms with van der Waals surface area (Å²) < 4.78 is 17.9. The van der Waals surface area contributed by atoms with Crippen LogP contribution in [0.5, 0.6) is 17.2 Å². The van der Waals surface area contributed by atoms with Gasteiger partial charge < -0.3 is 24.8 Å². The maximum atomic E-state index is 6.13. The minimum absolute atomic E-state index is 0.0294. The maximum absolute atomic E-state index is 6.13. The van der Waals surface area contributed by atoms with Crippen LogP contribution in [0.1, 0.15) is 18.4 Å².